The largest absolute Gasteiger partial charge is 0.360 e. The highest BCUT2D eigenvalue weighted by Crippen LogP contribution is 2.30. The normalized spacial score (nSPS) is 13.0. The molecule has 1 amide bonds. The highest BCUT2D eigenvalue weighted by molar-refractivity contribution is 8.01. The molecular weight excluding hydrogens is 384 g/mol. The van der Waals surface area contributed by atoms with E-state index in [9.17, 15) is 4.79 Å². The van der Waals surface area contributed by atoms with E-state index in [1.54, 1.807) is 11.3 Å². The molecule has 1 aliphatic heterocycles. The summed E-state index contributed by atoms with van der Waals surface area (Å²) >= 11 is 4.72. The van der Waals surface area contributed by atoms with Crippen LogP contribution in [0.5, 0.6) is 0 Å². The van der Waals surface area contributed by atoms with Gasteiger partial charge in [-0.3, -0.25) is 4.79 Å². The van der Waals surface area contributed by atoms with Gasteiger partial charge in [-0.25, -0.2) is 0 Å². The van der Waals surface area contributed by atoms with Gasteiger partial charge in [-0.1, -0.05) is 47.4 Å². The Kier molecular flexibility index (Phi) is 5.52. The summed E-state index contributed by atoms with van der Waals surface area (Å²) in [6, 6.07) is 12.3. The Balaban J connectivity index is 1.26. The van der Waals surface area contributed by atoms with E-state index in [4.69, 9.17) is 0 Å². The van der Waals surface area contributed by atoms with Crippen molar-refractivity contribution in [3.8, 4) is 0 Å². The first kappa shape index (κ1) is 17.5. The molecule has 0 saturated heterocycles. The molecule has 0 atom stereocenters. The average molecular weight is 403 g/mol. The fourth-order valence-corrected chi connectivity index (χ4v) is 5.25. The minimum absolute atomic E-state index is 0.127. The Morgan fingerprint density at radius 2 is 2.15 bits per heavy atom. The van der Waals surface area contributed by atoms with Crippen LogP contribution in [0.4, 0.5) is 10.8 Å². The van der Waals surface area contributed by atoms with Gasteiger partial charge in [0.2, 0.25) is 11.0 Å². The first-order chi connectivity index (χ1) is 12.8. The molecule has 3 heterocycles. The van der Waals surface area contributed by atoms with Gasteiger partial charge >= 0.3 is 0 Å². The third-order valence-corrected chi connectivity index (χ3v) is 7.08. The number of hydrogen-bond acceptors (Lipinski definition) is 7. The number of hydrogen-bond donors (Lipinski definition) is 1. The monoisotopic (exact) mass is 402 g/mol. The van der Waals surface area contributed by atoms with Crippen molar-refractivity contribution >= 4 is 51.2 Å². The van der Waals surface area contributed by atoms with E-state index in [-0.39, 0.29) is 5.91 Å². The minimum Gasteiger partial charge on any atom is -0.360 e. The number of carbonyl (C=O) groups excluding carboxylic acids is 1. The van der Waals surface area contributed by atoms with Crippen LogP contribution < -0.4 is 10.2 Å². The number of para-hydroxylation sites is 1. The van der Waals surface area contributed by atoms with Gasteiger partial charge in [0.1, 0.15) is 0 Å². The van der Waals surface area contributed by atoms with E-state index in [0.29, 0.717) is 5.75 Å². The minimum atomic E-state index is 0.127. The highest BCUT2D eigenvalue weighted by atomic mass is 32.2. The van der Waals surface area contributed by atoms with Crippen molar-refractivity contribution in [2.75, 3.05) is 29.1 Å². The standard InChI is InChI=1S/C18H18N4OS3/c23-16(22-10-8-13-4-1-2-6-15(13)22)12-25-18-21-20-17(26-18)19-9-7-14-5-3-11-24-14/h1-6,11H,7-10,12H2,(H,19,20). The van der Waals surface area contributed by atoms with Gasteiger partial charge in [0.05, 0.1) is 5.75 Å². The van der Waals surface area contributed by atoms with Crippen molar-refractivity contribution in [2.24, 2.45) is 0 Å². The van der Waals surface area contributed by atoms with Crippen molar-refractivity contribution in [2.45, 2.75) is 17.2 Å². The van der Waals surface area contributed by atoms with Crippen molar-refractivity contribution in [1.82, 2.24) is 10.2 Å². The van der Waals surface area contributed by atoms with Gasteiger partial charge in [0, 0.05) is 23.7 Å². The smallest absolute Gasteiger partial charge is 0.237 e. The van der Waals surface area contributed by atoms with Crippen molar-refractivity contribution < 1.29 is 4.79 Å². The summed E-state index contributed by atoms with van der Waals surface area (Å²) in [4.78, 5) is 15.8. The van der Waals surface area contributed by atoms with E-state index in [1.165, 1.54) is 33.5 Å². The molecule has 1 N–H and O–H groups in total. The van der Waals surface area contributed by atoms with Crippen LogP contribution in [0.15, 0.2) is 46.1 Å². The van der Waals surface area contributed by atoms with Gasteiger partial charge in [-0.05, 0) is 35.9 Å². The van der Waals surface area contributed by atoms with E-state index >= 15 is 0 Å². The maximum Gasteiger partial charge on any atom is 0.237 e. The Hall–Kier alpha value is -1.90. The molecule has 3 aromatic rings. The van der Waals surface area contributed by atoms with Gasteiger partial charge in [0.25, 0.3) is 0 Å². The zero-order valence-corrected chi connectivity index (χ0v) is 16.5. The molecule has 0 saturated carbocycles. The zero-order chi connectivity index (χ0) is 17.8. The number of anilines is 2. The van der Waals surface area contributed by atoms with Crippen LogP contribution in [0.3, 0.4) is 0 Å². The summed E-state index contributed by atoms with van der Waals surface area (Å²) in [5.41, 5.74) is 2.30. The van der Waals surface area contributed by atoms with Crippen LogP contribution in [0, 0.1) is 0 Å². The van der Waals surface area contributed by atoms with Crippen LogP contribution in [-0.2, 0) is 17.6 Å². The predicted molar refractivity (Wildman–Crippen MR) is 110 cm³/mol. The van der Waals surface area contributed by atoms with E-state index in [2.05, 4.69) is 39.1 Å². The topological polar surface area (TPSA) is 58.1 Å². The lowest BCUT2D eigenvalue weighted by Crippen LogP contribution is -2.30. The van der Waals surface area contributed by atoms with Crippen molar-refractivity contribution in [1.29, 1.82) is 0 Å². The molecule has 0 bridgehead atoms. The van der Waals surface area contributed by atoms with Gasteiger partial charge < -0.3 is 10.2 Å². The van der Waals surface area contributed by atoms with Gasteiger partial charge in [0.15, 0.2) is 4.34 Å². The zero-order valence-electron chi connectivity index (χ0n) is 14.1. The highest BCUT2D eigenvalue weighted by Gasteiger charge is 2.24. The average Bonchev–Trinajstić information content (AvgIpc) is 3.40. The number of benzene rings is 1. The molecule has 4 rings (SSSR count). The molecule has 1 aromatic carbocycles. The number of nitrogens with zero attached hydrogens (tertiary/aromatic N) is 3. The molecule has 0 aliphatic carbocycles. The lowest BCUT2D eigenvalue weighted by atomic mass is 10.2. The molecule has 8 heteroatoms. The van der Waals surface area contributed by atoms with Crippen LogP contribution in [0.25, 0.3) is 0 Å². The molecule has 5 nitrogen and oxygen atoms in total. The fourth-order valence-electron chi connectivity index (χ4n) is 2.89. The van der Waals surface area contributed by atoms with Crippen LogP contribution in [0.2, 0.25) is 0 Å². The first-order valence-electron chi connectivity index (χ1n) is 8.40. The van der Waals surface area contributed by atoms with Crippen LogP contribution in [0.1, 0.15) is 10.4 Å². The molecule has 0 spiro atoms. The molecular formula is C18H18N4OS3. The van der Waals surface area contributed by atoms with Crippen LogP contribution in [-0.4, -0.2) is 34.9 Å². The van der Waals surface area contributed by atoms with Crippen LogP contribution >= 0.6 is 34.4 Å². The summed E-state index contributed by atoms with van der Waals surface area (Å²) in [5.74, 6) is 0.514. The first-order valence-corrected chi connectivity index (χ1v) is 11.1. The van der Waals surface area contributed by atoms with E-state index < -0.39 is 0 Å². The van der Waals surface area contributed by atoms with Crippen molar-refractivity contribution in [3.63, 3.8) is 0 Å². The number of rotatable bonds is 7. The Labute approximate surface area is 164 Å². The van der Waals surface area contributed by atoms with Crippen molar-refractivity contribution in [3.05, 3.63) is 52.2 Å². The molecule has 0 unspecified atom stereocenters. The second kappa shape index (κ2) is 8.20. The van der Waals surface area contributed by atoms with Gasteiger partial charge in [-0.2, -0.15) is 0 Å². The third-order valence-electron chi connectivity index (χ3n) is 4.14. The summed E-state index contributed by atoms with van der Waals surface area (Å²) in [6.07, 6.45) is 1.91. The summed E-state index contributed by atoms with van der Waals surface area (Å²) in [7, 11) is 0. The number of nitrogens with one attached hydrogen (secondary N) is 1. The molecule has 26 heavy (non-hydrogen) atoms. The maximum absolute atomic E-state index is 12.5. The third kappa shape index (κ3) is 4.08. The summed E-state index contributed by atoms with van der Waals surface area (Å²) in [6.45, 7) is 1.60. The second-order valence-corrected chi connectivity index (χ2v) is 9.07. The lowest BCUT2D eigenvalue weighted by Gasteiger charge is -2.16. The number of amides is 1. The molecule has 0 fully saturated rings. The Morgan fingerprint density at radius 1 is 1.23 bits per heavy atom. The molecule has 2 aromatic heterocycles. The number of thiophene rings is 1. The fraction of sp³-hybridized carbons (Fsp3) is 0.278. The molecule has 134 valence electrons. The number of carbonyl (C=O) groups is 1. The molecule has 0 radical (unpaired) electrons. The summed E-state index contributed by atoms with van der Waals surface area (Å²) in [5, 5.41) is 14.5. The summed E-state index contributed by atoms with van der Waals surface area (Å²) < 4.78 is 0.824. The predicted octanol–water partition coefficient (Wildman–Crippen LogP) is 3.94. The van der Waals surface area contributed by atoms with Gasteiger partial charge in [-0.15, -0.1) is 21.5 Å². The maximum atomic E-state index is 12.5. The number of thioether (sulfide) groups is 1. The number of aromatic nitrogens is 2. The second-order valence-electron chi connectivity index (χ2n) is 5.84. The number of fused-ring (bicyclic) bond motifs is 1. The molecule has 1 aliphatic rings. The SMILES string of the molecule is O=C(CSc1nnc(NCCc2cccs2)s1)N1CCc2ccccc21. The Morgan fingerprint density at radius 3 is 3.04 bits per heavy atom. The lowest BCUT2D eigenvalue weighted by molar-refractivity contribution is -0.116. The van der Waals surface area contributed by atoms with E-state index in [1.807, 2.05) is 23.1 Å². The Bertz CT molecular complexity index is 878. The quantitative estimate of drug-likeness (QED) is 0.607. The van der Waals surface area contributed by atoms with E-state index in [0.717, 1.165) is 41.1 Å².